The van der Waals surface area contributed by atoms with Gasteiger partial charge in [0.1, 0.15) is 0 Å². The predicted molar refractivity (Wildman–Crippen MR) is 93.9 cm³/mol. The zero-order valence-electron chi connectivity index (χ0n) is 12.1. The average Bonchev–Trinajstić information content (AvgIpc) is 3.23. The summed E-state index contributed by atoms with van der Waals surface area (Å²) in [5.74, 6) is 0.777. The standard InChI is InChI=1S/C17H14ClN3OS/c18-13-4-1-5-15-12(13)6-8-21(15)17(22)14-10-23-16(20-14)11-3-2-7-19-9-11/h1-9,14,16,20H,10H2/t14-,16+/m0/s1. The van der Waals surface area contributed by atoms with E-state index in [4.69, 9.17) is 11.6 Å². The second-order valence-corrected chi connectivity index (χ2v) is 6.96. The number of hydrogen-bond acceptors (Lipinski definition) is 4. The van der Waals surface area contributed by atoms with Gasteiger partial charge in [0.25, 0.3) is 0 Å². The molecule has 2 atom stereocenters. The van der Waals surface area contributed by atoms with Crippen molar-refractivity contribution < 1.29 is 4.79 Å². The van der Waals surface area contributed by atoms with Crippen LogP contribution in [0.5, 0.6) is 0 Å². The molecule has 0 bridgehead atoms. The van der Waals surface area contributed by atoms with E-state index in [0.29, 0.717) is 5.02 Å². The summed E-state index contributed by atoms with van der Waals surface area (Å²) in [5, 5.41) is 5.06. The SMILES string of the molecule is O=C([C@@H]1CS[C@H](c2cccnc2)N1)n1ccc2c(Cl)cccc21. The van der Waals surface area contributed by atoms with Crippen LogP contribution in [0.3, 0.4) is 0 Å². The molecule has 6 heteroatoms. The summed E-state index contributed by atoms with van der Waals surface area (Å²) in [7, 11) is 0. The van der Waals surface area contributed by atoms with Gasteiger partial charge in [-0.3, -0.25) is 19.7 Å². The summed E-state index contributed by atoms with van der Waals surface area (Å²) < 4.78 is 1.69. The minimum absolute atomic E-state index is 0.0427. The number of pyridine rings is 1. The summed E-state index contributed by atoms with van der Waals surface area (Å²) in [4.78, 5) is 17.0. The van der Waals surface area contributed by atoms with Crippen LogP contribution in [0.1, 0.15) is 15.7 Å². The number of benzene rings is 1. The third-order valence-corrected chi connectivity index (χ3v) is 5.58. The molecule has 0 amide bonds. The largest absolute Gasteiger partial charge is 0.290 e. The topological polar surface area (TPSA) is 46.9 Å². The van der Waals surface area contributed by atoms with Gasteiger partial charge in [0.15, 0.2) is 0 Å². The Kier molecular flexibility index (Phi) is 3.85. The Morgan fingerprint density at radius 1 is 1.30 bits per heavy atom. The van der Waals surface area contributed by atoms with Gasteiger partial charge in [-0.1, -0.05) is 23.7 Å². The molecule has 4 nitrogen and oxygen atoms in total. The zero-order valence-corrected chi connectivity index (χ0v) is 13.7. The van der Waals surface area contributed by atoms with Crippen LogP contribution in [0.2, 0.25) is 5.02 Å². The van der Waals surface area contributed by atoms with E-state index in [2.05, 4.69) is 10.3 Å². The minimum Gasteiger partial charge on any atom is -0.290 e. The molecule has 0 radical (unpaired) electrons. The predicted octanol–water partition coefficient (Wildman–Crippen LogP) is 3.73. The molecule has 1 aliphatic rings. The molecule has 1 aliphatic heterocycles. The first kappa shape index (κ1) is 14.8. The Labute approximate surface area is 142 Å². The number of hydrogen-bond donors (Lipinski definition) is 1. The van der Waals surface area contributed by atoms with E-state index in [1.807, 2.05) is 42.6 Å². The second kappa shape index (κ2) is 6.00. The summed E-state index contributed by atoms with van der Waals surface area (Å²) >= 11 is 7.91. The lowest BCUT2D eigenvalue weighted by Gasteiger charge is -2.13. The molecule has 0 aliphatic carbocycles. The van der Waals surface area contributed by atoms with Crippen LogP contribution in [0, 0.1) is 0 Å². The van der Waals surface area contributed by atoms with Crippen molar-refractivity contribution in [2.75, 3.05) is 5.75 Å². The van der Waals surface area contributed by atoms with E-state index in [1.165, 1.54) is 0 Å². The highest BCUT2D eigenvalue weighted by Crippen LogP contribution is 2.33. The van der Waals surface area contributed by atoms with E-state index < -0.39 is 0 Å². The number of carbonyl (C=O) groups excluding carboxylic acids is 1. The van der Waals surface area contributed by atoms with Crippen LogP contribution < -0.4 is 5.32 Å². The molecule has 1 saturated heterocycles. The van der Waals surface area contributed by atoms with Crippen molar-refractivity contribution in [2.24, 2.45) is 0 Å². The van der Waals surface area contributed by atoms with Gasteiger partial charge in [-0.2, -0.15) is 0 Å². The van der Waals surface area contributed by atoms with Crippen LogP contribution in [-0.2, 0) is 0 Å². The molecule has 1 aromatic carbocycles. The van der Waals surface area contributed by atoms with Gasteiger partial charge in [0.2, 0.25) is 5.91 Å². The fourth-order valence-corrected chi connectivity index (χ4v) is 4.28. The van der Waals surface area contributed by atoms with Crippen LogP contribution in [0.15, 0.2) is 55.0 Å². The van der Waals surface area contributed by atoms with Crippen LogP contribution in [0.25, 0.3) is 10.9 Å². The molecule has 1 fully saturated rings. The fourth-order valence-electron chi connectivity index (χ4n) is 2.83. The minimum atomic E-state index is -0.222. The highest BCUT2D eigenvalue weighted by Gasteiger charge is 2.31. The van der Waals surface area contributed by atoms with Crippen LogP contribution >= 0.6 is 23.4 Å². The first-order chi connectivity index (χ1) is 11.2. The Morgan fingerprint density at radius 2 is 2.22 bits per heavy atom. The fraction of sp³-hybridized carbons (Fsp3) is 0.176. The van der Waals surface area contributed by atoms with Gasteiger partial charge < -0.3 is 0 Å². The third kappa shape index (κ3) is 2.65. The number of rotatable bonds is 2. The van der Waals surface area contributed by atoms with Crippen molar-refractivity contribution in [1.82, 2.24) is 14.9 Å². The molecule has 0 spiro atoms. The lowest BCUT2D eigenvalue weighted by molar-refractivity contribution is 0.0879. The van der Waals surface area contributed by atoms with E-state index in [-0.39, 0.29) is 17.3 Å². The number of fused-ring (bicyclic) bond motifs is 1. The molecule has 116 valence electrons. The molecular weight excluding hydrogens is 330 g/mol. The van der Waals surface area contributed by atoms with Crippen molar-refractivity contribution in [3.8, 4) is 0 Å². The highest BCUT2D eigenvalue weighted by molar-refractivity contribution is 7.99. The Balaban J connectivity index is 1.59. The van der Waals surface area contributed by atoms with Crippen molar-refractivity contribution in [3.63, 3.8) is 0 Å². The molecule has 0 unspecified atom stereocenters. The smallest absolute Gasteiger partial charge is 0.249 e. The lowest BCUT2D eigenvalue weighted by atomic mass is 10.2. The van der Waals surface area contributed by atoms with Gasteiger partial charge in [-0.25, -0.2) is 0 Å². The molecule has 3 aromatic rings. The van der Waals surface area contributed by atoms with Gasteiger partial charge in [-0.15, -0.1) is 11.8 Å². The van der Waals surface area contributed by atoms with Crippen molar-refractivity contribution in [2.45, 2.75) is 11.4 Å². The van der Waals surface area contributed by atoms with Crippen LogP contribution in [0.4, 0.5) is 0 Å². The molecule has 4 rings (SSSR count). The van der Waals surface area contributed by atoms with Crippen molar-refractivity contribution >= 4 is 40.2 Å². The molecule has 0 saturated carbocycles. The molecular formula is C17H14ClN3OS. The summed E-state index contributed by atoms with van der Waals surface area (Å²) in [6.07, 6.45) is 5.38. The summed E-state index contributed by atoms with van der Waals surface area (Å²) in [5.41, 5.74) is 1.94. The number of thioether (sulfide) groups is 1. The second-order valence-electron chi connectivity index (χ2n) is 5.42. The first-order valence-corrected chi connectivity index (χ1v) is 8.74. The first-order valence-electron chi connectivity index (χ1n) is 7.31. The van der Waals surface area contributed by atoms with Crippen molar-refractivity contribution in [1.29, 1.82) is 0 Å². The molecule has 2 aromatic heterocycles. The maximum absolute atomic E-state index is 12.8. The van der Waals surface area contributed by atoms with Gasteiger partial charge >= 0.3 is 0 Å². The lowest BCUT2D eigenvalue weighted by Crippen LogP contribution is -2.37. The number of halogens is 1. The van der Waals surface area contributed by atoms with Crippen LogP contribution in [-0.4, -0.2) is 27.3 Å². The van der Waals surface area contributed by atoms with E-state index in [1.54, 1.807) is 28.7 Å². The number of nitrogens with one attached hydrogen (secondary N) is 1. The van der Waals surface area contributed by atoms with Crippen molar-refractivity contribution in [3.05, 3.63) is 65.6 Å². The number of aromatic nitrogens is 2. The maximum Gasteiger partial charge on any atom is 0.249 e. The Bertz CT molecular complexity index is 865. The zero-order chi connectivity index (χ0) is 15.8. The van der Waals surface area contributed by atoms with Gasteiger partial charge in [0, 0.05) is 34.8 Å². The molecule has 3 heterocycles. The van der Waals surface area contributed by atoms with E-state index in [9.17, 15) is 4.79 Å². The third-order valence-electron chi connectivity index (χ3n) is 3.98. The highest BCUT2D eigenvalue weighted by atomic mass is 35.5. The Morgan fingerprint density at radius 3 is 3.04 bits per heavy atom. The Hall–Kier alpha value is -1.82. The van der Waals surface area contributed by atoms with Gasteiger partial charge in [0.05, 0.1) is 16.9 Å². The molecule has 1 N–H and O–H groups in total. The summed E-state index contributed by atoms with van der Waals surface area (Å²) in [6, 6.07) is 11.2. The van der Waals surface area contributed by atoms with E-state index in [0.717, 1.165) is 22.2 Å². The maximum atomic E-state index is 12.8. The quantitative estimate of drug-likeness (QED) is 0.770. The molecule has 23 heavy (non-hydrogen) atoms. The van der Waals surface area contributed by atoms with E-state index >= 15 is 0 Å². The normalized spacial score (nSPS) is 20.9. The monoisotopic (exact) mass is 343 g/mol. The summed E-state index contributed by atoms with van der Waals surface area (Å²) in [6.45, 7) is 0. The number of carbonyl (C=O) groups is 1. The van der Waals surface area contributed by atoms with Gasteiger partial charge in [-0.05, 0) is 29.8 Å². The average molecular weight is 344 g/mol. The number of nitrogens with zero attached hydrogens (tertiary/aromatic N) is 2.